The fourth-order valence-corrected chi connectivity index (χ4v) is 5.48. The number of aliphatic hydroxyl groups excluding tert-OH is 1. The maximum absolute atomic E-state index is 12.8. The second-order valence-corrected chi connectivity index (χ2v) is 11.0. The van der Waals surface area contributed by atoms with Gasteiger partial charge in [-0.2, -0.15) is 0 Å². The van der Waals surface area contributed by atoms with Gasteiger partial charge in [0, 0.05) is 13.2 Å². The van der Waals surface area contributed by atoms with E-state index in [0.29, 0.717) is 18.4 Å². The Bertz CT molecular complexity index is 1210. The summed E-state index contributed by atoms with van der Waals surface area (Å²) in [5.74, 6) is -0.180. The summed E-state index contributed by atoms with van der Waals surface area (Å²) in [5.41, 5.74) is 10.1. The second kappa shape index (κ2) is 12.9. The highest BCUT2D eigenvalue weighted by Crippen LogP contribution is 2.38. The number of benzene rings is 3. The summed E-state index contributed by atoms with van der Waals surface area (Å²) in [6, 6.07) is 23.3. The zero-order valence-electron chi connectivity index (χ0n) is 21.9. The van der Waals surface area contributed by atoms with Crippen LogP contribution in [0.15, 0.2) is 77.2 Å². The molecule has 3 aromatic carbocycles. The number of aliphatic hydroxyl groups is 1. The summed E-state index contributed by atoms with van der Waals surface area (Å²) in [4.78, 5) is 2.15. The first kappa shape index (κ1) is 28.5. The summed E-state index contributed by atoms with van der Waals surface area (Å²) >= 11 is 0. The number of aryl methyl sites for hydroxylation is 1. The van der Waals surface area contributed by atoms with Crippen LogP contribution >= 0.6 is 0 Å². The molecule has 198 valence electrons. The van der Waals surface area contributed by atoms with Gasteiger partial charge in [0.2, 0.25) is 0 Å². The molecule has 0 saturated heterocycles. The molecular weight excluding hydrogens is 489 g/mol. The van der Waals surface area contributed by atoms with Crippen LogP contribution in [0.25, 0.3) is 11.1 Å². The Morgan fingerprint density at radius 2 is 1.62 bits per heavy atom. The molecule has 1 aliphatic rings. The number of nitrogens with two attached hydrogens (primary N) is 1. The molecule has 2 unspecified atom stereocenters. The molecule has 0 spiro atoms. The number of amidine groups is 1. The highest BCUT2D eigenvalue weighted by Gasteiger charge is 2.41. The third-order valence-corrected chi connectivity index (χ3v) is 7.55. The Kier molecular flexibility index (Phi) is 9.97. The lowest BCUT2D eigenvalue weighted by Gasteiger charge is -2.35. The molecule has 0 amide bonds. The normalized spacial score (nSPS) is 18.4. The Morgan fingerprint density at radius 1 is 1.03 bits per heavy atom. The van der Waals surface area contributed by atoms with E-state index in [2.05, 4.69) is 47.7 Å². The van der Waals surface area contributed by atoms with Crippen LogP contribution in [0, 0.1) is 5.82 Å². The first-order chi connectivity index (χ1) is 17.6. The van der Waals surface area contributed by atoms with Crippen LogP contribution in [-0.2, 0) is 28.7 Å². The van der Waals surface area contributed by atoms with Gasteiger partial charge in [-0.3, -0.25) is 0 Å². The molecular formula is C29H36FN3O3S. The van der Waals surface area contributed by atoms with Gasteiger partial charge in [-0.1, -0.05) is 66.7 Å². The van der Waals surface area contributed by atoms with Crippen LogP contribution in [0.4, 0.5) is 4.39 Å². The van der Waals surface area contributed by atoms with Gasteiger partial charge >= 0.3 is 0 Å². The van der Waals surface area contributed by atoms with Crippen molar-refractivity contribution in [3.05, 3.63) is 95.3 Å². The Labute approximate surface area is 221 Å². The van der Waals surface area contributed by atoms with E-state index in [-0.39, 0.29) is 23.7 Å². The van der Waals surface area contributed by atoms with Crippen molar-refractivity contribution >= 4 is 17.0 Å². The standard InChI is InChI=1S/C20H25N3O2S.C9H11FO/c1-20(2)18(26(24)22-19(21)25-20)17-11-9-16(10-12-17)15-7-5-14(6-8-15)13-23(3)4;10-9-6-2-1-4-8(9)5-3-7-11/h5-12,18H,13H2,1-4H3,(H2,21,22);1-2,4,6,11H,3,5,7H2. The van der Waals surface area contributed by atoms with Crippen molar-refractivity contribution in [3.8, 4) is 11.1 Å². The molecule has 0 bridgehead atoms. The molecule has 4 rings (SSSR count). The molecule has 0 saturated carbocycles. The van der Waals surface area contributed by atoms with Crippen LogP contribution < -0.4 is 5.73 Å². The van der Waals surface area contributed by atoms with E-state index in [1.165, 1.54) is 11.6 Å². The molecule has 3 N–H and O–H groups in total. The number of ether oxygens (including phenoxy) is 1. The lowest BCUT2D eigenvalue weighted by molar-refractivity contribution is 0.0848. The van der Waals surface area contributed by atoms with E-state index in [1.54, 1.807) is 18.2 Å². The van der Waals surface area contributed by atoms with E-state index in [0.717, 1.165) is 23.2 Å². The molecule has 37 heavy (non-hydrogen) atoms. The van der Waals surface area contributed by atoms with Crippen molar-refractivity contribution in [1.29, 1.82) is 0 Å². The van der Waals surface area contributed by atoms with Crippen LogP contribution in [0.5, 0.6) is 0 Å². The first-order valence-electron chi connectivity index (χ1n) is 12.2. The van der Waals surface area contributed by atoms with Crippen molar-refractivity contribution in [2.24, 2.45) is 10.1 Å². The van der Waals surface area contributed by atoms with Gasteiger partial charge in [0.1, 0.15) is 16.7 Å². The monoisotopic (exact) mass is 525 g/mol. The summed E-state index contributed by atoms with van der Waals surface area (Å²) in [7, 11) is 2.67. The van der Waals surface area contributed by atoms with Gasteiger partial charge in [-0.15, -0.1) is 4.40 Å². The lowest BCUT2D eigenvalue weighted by atomic mass is 9.95. The molecule has 1 heterocycles. The Balaban J connectivity index is 0.000000289. The summed E-state index contributed by atoms with van der Waals surface area (Å²) in [5, 5.41) is 8.14. The SMILES string of the molecule is CN(C)Cc1ccc(-c2ccc(C3S(=O)N=C(N)OC3(C)C)cc2)cc1.OCCCc1ccccc1F. The van der Waals surface area contributed by atoms with E-state index >= 15 is 0 Å². The van der Waals surface area contributed by atoms with Crippen molar-refractivity contribution in [1.82, 2.24) is 4.90 Å². The second-order valence-electron chi connectivity index (χ2n) is 9.77. The smallest absolute Gasteiger partial charge is 0.296 e. The van der Waals surface area contributed by atoms with Crippen molar-refractivity contribution in [2.75, 3.05) is 20.7 Å². The highest BCUT2D eigenvalue weighted by atomic mass is 32.2. The van der Waals surface area contributed by atoms with E-state index in [4.69, 9.17) is 15.6 Å². The minimum Gasteiger partial charge on any atom is -0.457 e. The van der Waals surface area contributed by atoms with Gasteiger partial charge in [-0.05, 0) is 74.7 Å². The van der Waals surface area contributed by atoms with Crippen LogP contribution in [0.3, 0.4) is 0 Å². The van der Waals surface area contributed by atoms with Gasteiger partial charge in [0.15, 0.2) is 11.0 Å². The maximum Gasteiger partial charge on any atom is 0.296 e. The van der Waals surface area contributed by atoms with Crippen molar-refractivity contribution < 1.29 is 18.4 Å². The predicted octanol–water partition coefficient (Wildman–Crippen LogP) is 4.99. The largest absolute Gasteiger partial charge is 0.457 e. The third-order valence-electron chi connectivity index (χ3n) is 5.94. The Morgan fingerprint density at radius 3 is 2.16 bits per heavy atom. The zero-order valence-corrected chi connectivity index (χ0v) is 22.7. The quantitative estimate of drug-likeness (QED) is 0.454. The van der Waals surface area contributed by atoms with Crippen LogP contribution in [0.2, 0.25) is 0 Å². The number of halogens is 1. The van der Waals surface area contributed by atoms with E-state index < -0.39 is 16.6 Å². The fraction of sp³-hybridized carbons (Fsp3) is 0.345. The van der Waals surface area contributed by atoms with Crippen LogP contribution in [-0.4, -0.2) is 46.5 Å². The number of rotatable bonds is 7. The molecule has 3 aromatic rings. The highest BCUT2D eigenvalue weighted by molar-refractivity contribution is 7.84. The molecule has 0 radical (unpaired) electrons. The molecule has 8 heteroatoms. The number of hydrogen-bond acceptors (Lipinski definition) is 5. The maximum atomic E-state index is 12.8. The van der Waals surface area contributed by atoms with E-state index in [1.807, 2.05) is 38.1 Å². The Hall–Kier alpha value is -3.07. The van der Waals surface area contributed by atoms with Gasteiger partial charge in [0.25, 0.3) is 6.02 Å². The summed E-state index contributed by atoms with van der Waals surface area (Å²) in [6.45, 7) is 4.81. The zero-order chi connectivity index (χ0) is 27.0. The molecule has 0 fully saturated rings. The summed E-state index contributed by atoms with van der Waals surface area (Å²) in [6.07, 6.45) is 1.24. The van der Waals surface area contributed by atoms with Crippen molar-refractivity contribution in [3.63, 3.8) is 0 Å². The molecule has 2 atom stereocenters. The van der Waals surface area contributed by atoms with E-state index in [9.17, 15) is 8.60 Å². The predicted molar refractivity (Wildman–Crippen MR) is 149 cm³/mol. The van der Waals surface area contributed by atoms with Crippen LogP contribution in [0.1, 0.15) is 42.2 Å². The molecule has 0 aromatic heterocycles. The topological polar surface area (TPSA) is 88.2 Å². The number of nitrogens with zero attached hydrogens (tertiary/aromatic N) is 2. The average Bonchev–Trinajstić information content (AvgIpc) is 2.83. The van der Waals surface area contributed by atoms with Gasteiger partial charge in [0.05, 0.1) is 0 Å². The van der Waals surface area contributed by atoms with Crippen molar-refractivity contribution in [2.45, 2.75) is 44.1 Å². The third kappa shape index (κ3) is 7.95. The molecule has 1 aliphatic heterocycles. The minimum absolute atomic E-state index is 0.0148. The molecule has 6 nitrogen and oxygen atoms in total. The van der Waals surface area contributed by atoms with Gasteiger partial charge in [-0.25, -0.2) is 8.60 Å². The molecule has 0 aliphatic carbocycles. The minimum atomic E-state index is -1.46. The van der Waals surface area contributed by atoms with Gasteiger partial charge < -0.3 is 20.5 Å². The fourth-order valence-electron chi connectivity index (χ4n) is 4.23. The lowest BCUT2D eigenvalue weighted by Crippen LogP contribution is -2.43. The average molecular weight is 526 g/mol. The summed E-state index contributed by atoms with van der Waals surface area (Å²) < 4.78 is 34.8. The number of hydrogen-bond donors (Lipinski definition) is 2. The first-order valence-corrected chi connectivity index (χ1v) is 13.4.